The van der Waals surface area contributed by atoms with E-state index in [1.165, 1.54) is 11.8 Å². The van der Waals surface area contributed by atoms with Crippen molar-refractivity contribution in [2.45, 2.75) is 38.0 Å². The Morgan fingerprint density at radius 1 is 1.13 bits per heavy atom. The lowest BCUT2D eigenvalue weighted by Crippen LogP contribution is -2.52. The molecule has 0 radical (unpaired) electrons. The van der Waals surface area contributed by atoms with Crippen LogP contribution >= 0.6 is 35.0 Å². The van der Waals surface area contributed by atoms with Crippen LogP contribution in [0.1, 0.15) is 43.0 Å². The van der Waals surface area contributed by atoms with Gasteiger partial charge in [0.2, 0.25) is 5.91 Å². The lowest BCUT2D eigenvalue weighted by atomic mass is 9.91. The van der Waals surface area contributed by atoms with Gasteiger partial charge in [-0.25, -0.2) is 0 Å². The van der Waals surface area contributed by atoms with Gasteiger partial charge >= 0.3 is 0 Å². The van der Waals surface area contributed by atoms with E-state index in [2.05, 4.69) is 0 Å². The van der Waals surface area contributed by atoms with E-state index in [0.717, 1.165) is 24.0 Å². The first-order valence-electron chi connectivity index (χ1n) is 10.0. The van der Waals surface area contributed by atoms with Crippen molar-refractivity contribution in [2.24, 2.45) is 5.92 Å². The van der Waals surface area contributed by atoms with Gasteiger partial charge in [0.25, 0.3) is 0 Å². The highest BCUT2D eigenvalue weighted by atomic mass is 35.5. The maximum absolute atomic E-state index is 13.2. The molecule has 2 aromatic carbocycles. The van der Waals surface area contributed by atoms with Crippen LogP contribution in [0.15, 0.2) is 48.5 Å². The molecule has 0 aromatic heterocycles. The molecule has 0 N–H and O–H groups in total. The van der Waals surface area contributed by atoms with Crippen LogP contribution in [0.25, 0.3) is 0 Å². The van der Waals surface area contributed by atoms with E-state index in [1.807, 2.05) is 53.4 Å². The summed E-state index contributed by atoms with van der Waals surface area (Å²) in [7, 11) is 0. The van der Waals surface area contributed by atoms with Crippen LogP contribution in [0.5, 0.6) is 0 Å². The Hall–Kier alpha value is -1.53. The van der Waals surface area contributed by atoms with Gasteiger partial charge in [-0.05, 0) is 54.2 Å². The third-order valence-corrected chi connectivity index (χ3v) is 7.03. The number of hydrogen-bond acceptors (Lipinski definition) is 4. The van der Waals surface area contributed by atoms with Crippen LogP contribution in [0.2, 0.25) is 10.0 Å². The summed E-state index contributed by atoms with van der Waals surface area (Å²) in [6.07, 6.45) is 1.79. The van der Waals surface area contributed by atoms with Crippen LogP contribution in [-0.2, 0) is 14.3 Å². The molecule has 2 fully saturated rings. The van der Waals surface area contributed by atoms with Gasteiger partial charge in [0.15, 0.2) is 5.12 Å². The molecule has 0 unspecified atom stereocenters. The van der Waals surface area contributed by atoms with Crippen molar-refractivity contribution in [3.63, 3.8) is 0 Å². The number of rotatable bonds is 6. The van der Waals surface area contributed by atoms with Gasteiger partial charge in [-0.2, -0.15) is 0 Å². The molecule has 1 aliphatic heterocycles. The van der Waals surface area contributed by atoms with Gasteiger partial charge < -0.3 is 9.64 Å². The van der Waals surface area contributed by atoms with Crippen LogP contribution in [0.4, 0.5) is 0 Å². The Bertz CT molecular complexity index is 932. The fourth-order valence-electron chi connectivity index (χ4n) is 4.10. The zero-order chi connectivity index (χ0) is 21.3. The monoisotopic (exact) mass is 463 g/mol. The minimum atomic E-state index is -0.355. The molecule has 2 aliphatic rings. The molecule has 4 rings (SSSR count). The van der Waals surface area contributed by atoms with Crippen molar-refractivity contribution in [2.75, 3.05) is 12.4 Å². The predicted molar refractivity (Wildman–Crippen MR) is 121 cm³/mol. The lowest BCUT2D eigenvalue weighted by molar-refractivity contribution is -0.163. The maximum Gasteiger partial charge on any atom is 0.249 e. The molecule has 7 heteroatoms. The van der Waals surface area contributed by atoms with Gasteiger partial charge in [0, 0.05) is 28.8 Å². The molecular formula is C23H23Cl2NO3S. The third-order valence-electron chi connectivity index (χ3n) is 5.63. The van der Waals surface area contributed by atoms with Crippen LogP contribution in [0.3, 0.4) is 0 Å². The normalized spacial score (nSPS) is 22.8. The fraction of sp³-hybridized carbons (Fsp3) is 0.391. The van der Waals surface area contributed by atoms with Crippen molar-refractivity contribution in [3.8, 4) is 0 Å². The summed E-state index contributed by atoms with van der Waals surface area (Å²) in [5, 5.41) is 1.33. The molecule has 3 atom stereocenters. The molecule has 1 aliphatic carbocycles. The number of hydrogen-bond donors (Lipinski definition) is 0. The molecule has 30 heavy (non-hydrogen) atoms. The molecule has 1 saturated heterocycles. The Morgan fingerprint density at radius 2 is 1.87 bits per heavy atom. The highest BCUT2D eigenvalue weighted by Gasteiger charge is 2.46. The number of ether oxygens (including phenoxy) is 1. The van der Waals surface area contributed by atoms with E-state index in [9.17, 15) is 9.59 Å². The molecule has 0 bridgehead atoms. The zero-order valence-corrected chi connectivity index (χ0v) is 18.9. The minimum Gasteiger partial charge on any atom is -0.361 e. The van der Waals surface area contributed by atoms with E-state index in [1.54, 1.807) is 6.92 Å². The second kappa shape index (κ2) is 9.31. The molecule has 158 valence electrons. The second-order valence-corrected chi connectivity index (χ2v) is 9.86. The number of carbonyl (C=O) groups excluding carboxylic acids is 2. The Balaban J connectivity index is 1.77. The van der Waals surface area contributed by atoms with E-state index in [4.69, 9.17) is 27.9 Å². The first-order valence-corrected chi connectivity index (χ1v) is 11.7. The number of benzene rings is 2. The number of carbonyl (C=O) groups is 2. The van der Waals surface area contributed by atoms with Crippen molar-refractivity contribution < 1.29 is 14.3 Å². The summed E-state index contributed by atoms with van der Waals surface area (Å²) in [6.45, 7) is 1.58. The zero-order valence-electron chi connectivity index (χ0n) is 16.6. The van der Waals surface area contributed by atoms with Crippen LogP contribution in [0, 0.1) is 5.92 Å². The average Bonchev–Trinajstić information content (AvgIpc) is 3.55. The van der Waals surface area contributed by atoms with Crippen molar-refractivity contribution in [3.05, 3.63) is 69.7 Å². The van der Waals surface area contributed by atoms with E-state index in [0.29, 0.717) is 21.7 Å². The molecular weight excluding hydrogens is 441 g/mol. The molecule has 4 nitrogen and oxygen atoms in total. The topological polar surface area (TPSA) is 46.6 Å². The number of morpholine rings is 1. The molecule has 1 amide bonds. The first-order chi connectivity index (χ1) is 14.4. The smallest absolute Gasteiger partial charge is 0.249 e. The number of amides is 1. The van der Waals surface area contributed by atoms with E-state index in [-0.39, 0.29) is 35.8 Å². The van der Waals surface area contributed by atoms with Crippen molar-refractivity contribution >= 4 is 46.0 Å². The Labute approximate surface area is 190 Å². The number of halogens is 2. The summed E-state index contributed by atoms with van der Waals surface area (Å²) < 4.78 is 6.08. The van der Waals surface area contributed by atoms with Crippen LogP contribution in [-0.4, -0.2) is 34.3 Å². The average molecular weight is 464 g/mol. The number of thioether (sulfide) groups is 1. The van der Waals surface area contributed by atoms with E-state index < -0.39 is 0 Å². The lowest BCUT2D eigenvalue weighted by Gasteiger charge is -2.45. The standard InChI is InChI=1S/C23H23Cl2NO3S/c1-14(27)30-13-20(15-5-6-15)26-21(28)12-29-23(17-3-2-4-19(25)11-17)22(26)16-7-9-18(24)10-8-16/h2-4,7-11,15,20,22-23H,5-6,12-13H2,1H3/t20-,22-,23-/m1/s1. The van der Waals surface area contributed by atoms with Crippen molar-refractivity contribution in [1.29, 1.82) is 0 Å². The minimum absolute atomic E-state index is 0.00915. The molecule has 1 heterocycles. The summed E-state index contributed by atoms with van der Waals surface area (Å²) >= 11 is 13.7. The highest BCUT2D eigenvalue weighted by molar-refractivity contribution is 8.13. The summed E-state index contributed by atoms with van der Waals surface area (Å²) in [6, 6.07) is 14.8. The predicted octanol–water partition coefficient (Wildman–Crippen LogP) is 5.69. The summed E-state index contributed by atoms with van der Waals surface area (Å²) in [5.41, 5.74) is 1.88. The molecule has 0 spiro atoms. The highest BCUT2D eigenvalue weighted by Crippen LogP contribution is 2.46. The SMILES string of the molecule is CC(=O)SC[C@H](C1CC1)N1C(=O)CO[C@H](c2cccc(Cl)c2)[C@H]1c1ccc(Cl)cc1. The third kappa shape index (κ3) is 4.86. The first kappa shape index (κ1) is 21.7. The largest absolute Gasteiger partial charge is 0.361 e. The van der Waals surface area contributed by atoms with Gasteiger partial charge in [0.1, 0.15) is 12.7 Å². The number of nitrogens with zero attached hydrogens (tertiary/aromatic N) is 1. The van der Waals surface area contributed by atoms with Crippen molar-refractivity contribution in [1.82, 2.24) is 4.90 Å². The maximum atomic E-state index is 13.2. The Kier molecular flexibility index (Phi) is 6.73. The van der Waals surface area contributed by atoms with Gasteiger partial charge in [-0.15, -0.1) is 0 Å². The van der Waals surface area contributed by atoms with Gasteiger partial charge in [0.05, 0.1) is 6.04 Å². The van der Waals surface area contributed by atoms with Gasteiger partial charge in [-0.3, -0.25) is 9.59 Å². The summed E-state index contributed by atoms with van der Waals surface area (Å²) in [5.74, 6) is 0.959. The van der Waals surface area contributed by atoms with Gasteiger partial charge in [-0.1, -0.05) is 59.2 Å². The quantitative estimate of drug-likeness (QED) is 0.551. The molecule has 2 aromatic rings. The van der Waals surface area contributed by atoms with Crippen LogP contribution < -0.4 is 0 Å². The van der Waals surface area contributed by atoms with E-state index >= 15 is 0 Å². The Morgan fingerprint density at radius 3 is 2.50 bits per heavy atom. The fourth-order valence-corrected chi connectivity index (χ4v) is 5.27. The summed E-state index contributed by atoms with van der Waals surface area (Å²) in [4.78, 5) is 26.8. The molecule has 1 saturated carbocycles. The second-order valence-electron chi connectivity index (χ2n) is 7.79.